The molecule has 0 radical (unpaired) electrons. The van der Waals surface area contributed by atoms with Crippen molar-refractivity contribution in [1.29, 1.82) is 0 Å². The quantitative estimate of drug-likeness (QED) is 0.784. The van der Waals surface area contributed by atoms with Gasteiger partial charge in [-0.25, -0.2) is 0 Å². The molecule has 0 aromatic rings. The molecule has 106 valence electrons. The normalized spacial score (nSPS) is 41.2. The van der Waals surface area contributed by atoms with E-state index in [0.29, 0.717) is 17.9 Å². The van der Waals surface area contributed by atoms with Crippen molar-refractivity contribution in [2.24, 2.45) is 35.0 Å². The molecule has 2 saturated carbocycles. The highest BCUT2D eigenvalue weighted by atomic mass is 16.3. The van der Waals surface area contributed by atoms with Gasteiger partial charge in [0.25, 0.3) is 0 Å². The zero-order valence-electron chi connectivity index (χ0n) is 12.8. The van der Waals surface area contributed by atoms with Crippen LogP contribution < -0.4 is 0 Å². The van der Waals surface area contributed by atoms with E-state index in [1.54, 1.807) is 0 Å². The number of fused-ring (bicyclic) bond motifs is 1. The highest BCUT2D eigenvalue weighted by Gasteiger charge is 2.46. The number of aliphatic hydroxyl groups is 1. The van der Waals surface area contributed by atoms with Crippen molar-refractivity contribution in [2.75, 3.05) is 6.61 Å². The Morgan fingerprint density at radius 2 is 1.83 bits per heavy atom. The zero-order valence-corrected chi connectivity index (χ0v) is 12.8. The summed E-state index contributed by atoms with van der Waals surface area (Å²) in [6.07, 6.45) is 8.19. The van der Waals surface area contributed by atoms with Gasteiger partial charge in [-0.2, -0.15) is 0 Å². The first kappa shape index (κ1) is 14.4. The molecule has 0 aliphatic heterocycles. The predicted molar refractivity (Wildman–Crippen MR) is 77.4 cm³/mol. The predicted octanol–water partition coefficient (Wildman–Crippen LogP) is 4.49. The van der Waals surface area contributed by atoms with Gasteiger partial charge in [-0.3, -0.25) is 0 Å². The highest BCUT2D eigenvalue weighted by Crippen LogP contribution is 2.55. The first-order valence-electron chi connectivity index (χ1n) is 8.11. The molecule has 0 heterocycles. The number of hydrogen-bond donors (Lipinski definition) is 1. The lowest BCUT2D eigenvalue weighted by Crippen LogP contribution is -2.44. The first-order valence-corrected chi connectivity index (χ1v) is 8.11. The van der Waals surface area contributed by atoms with Gasteiger partial charge < -0.3 is 5.11 Å². The van der Waals surface area contributed by atoms with Crippen LogP contribution in [0.25, 0.3) is 0 Å². The summed E-state index contributed by atoms with van der Waals surface area (Å²) in [5, 5.41) is 9.56. The lowest BCUT2D eigenvalue weighted by molar-refractivity contribution is -0.0359. The Kier molecular flexibility index (Phi) is 4.41. The van der Waals surface area contributed by atoms with E-state index in [-0.39, 0.29) is 0 Å². The molecule has 2 aliphatic rings. The van der Waals surface area contributed by atoms with E-state index in [9.17, 15) is 5.11 Å². The Morgan fingerprint density at radius 3 is 2.44 bits per heavy atom. The van der Waals surface area contributed by atoms with Crippen LogP contribution in [0.5, 0.6) is 0 Å². The SMILES string of the molecule is CCC(CO)C1CCC2CCC(C)C(C)(C)C2C1. The van der Waals surface area contributed by atoms with Crippen LogP contribution in [0.2, 0.25) is 0 Å². The molecule has 0 bridgehead atoms. The zero-order chi connectivity index (χ0) is 13.3. The van der Waals surface area contributed by atoms with Crippen molar-refractivity contribution in [1.82, 2.24) is 0 Å². The van der Waals surface area contributed by atoms with E-state index in [2.05, 4.69) is 27.7 Å². The first-order chi connectivity index (χ1) is 8.50. The van der Waals surface area contributed by atoms with E-state index in [0.717, 1.165) is 30.1 Å². The third-order valence-corrected chi connectivity index (χ3v) is 6.66. The summed E-state index contributed by atoms with van der Waals surface area (Å²) in [6, 6.07) is 0. The average molecular weight is 252 g/mol. The van der Waals surface area contributed by atoms with Crippen molar-refractivity contribution in [3.63, 3.8) is 0 Å². The molecule has 5 unspecified atom stereocenters. The second kappa shape index (κ2) is 5.53. The number of hydrogen-bond acceptors (Lipinski definition) is 1. The number of aliphatic hydroxyl groups excluding tert-OH is 1. The van der Waals surface area contributed by atoms with Gasteiger partial charge in [0.05, 0.1) is 0 Å². The van der Waals surface area contributed by atoms with Crippen molar-refractivity contribution >= 4 is 0 Å². The molecule has 0 aromatic heterocycles. The van der Waals surface area contributed by atoms with Crippen LogP contribution in [-0.4, -0.2) is 11.7 Å². The summed E-state index contributed by atoms with van der Waals surface area (Å²) in [4.78, 5) is 0. The maximum atomic E-state index is 9.56. The van der Waals surface area contributed by atoms with Gasteiger partial charge in [0.15, 0.2) is 0 Å². The second-order valence-electron chi connectivity index (χ2n) is 7.59. The summed E-state index contributed by atoms with van der Waals surface area (Å²) in [5.74, 6) is 4.08. The van der Waals surface area contributed by atoms with E-state index < -0.39 is 0 Å². The van der Waals surface area contributed by atoms with Crippen molar-refractivity contribution in [3.05, 3.63) is 0 Å². The number of rotatable bonds is 3. The molecule has 1 nitrogen and oxygen atoms in total. The Labute approximate surface area is 113 Å². The van der Waals surface area contributed by atoms with E-state index in [1.165, 1.54) is 32.1 Å². The van der Waals surface area contributed by atoms with Crippen molar-refractivity contribution < 1.29 is 5.11 Å². The second-order valence-corrected chi connectivity index (χ2v) is 7.59. The molecule has 18 heavy (non-hydrogen) atoms. The lowest BCUT2D eigenvalue weighted by Gasteiger charge is -2.53. The fraction of sp³-hybridized carbons (Fsp3) is 1.00. The molecule has 2 fully saturated rings. The van der Waals surface area contributed by atoms with E-state index in [4.69, 9.17) is 0 Å². The van der Waals surface area contributed by atoms with E-state index in [1.807, 2.05) is 0 Å². The largest absolute Gasteiger partial charge is 0.396 e. The molecular weight excluding hydrogens is 220 g/mol. The maximum absolute atomic E-state index is 9.56. The molecule has 0 amide bonds. The van der Waals surface area contributed by atoms with Crippen LogP contribution in [0.3, 0.4) is 0 Å². The van der Waals surface area contributed by atoms with Crippen LogP contribution in [0.1, 0.15) is 66.2 Å². The van der Waals surface area contributed by atoms with Crippen LogP contribution in [0, 0.1) is 35.0 Å². The molecule has 2 aliphatic carbocycles. The standard InChI is InChI=1S/C17H32O/c1-5-13(11-18)15-9-8-14-7-6-12(2)17(3,4)16(14)10-15/h12-16,18H,5-11H2,1-4H3. The fourth-order valence-electron chi connectivity index (χ4n) is 4.76. The van der Waals surface area contributed by atoms with Gasteiger partial charge in [0.2, 0.25) is 0 Å². The molecule has 1 heteroatoms. The third kappa shape index (κ3) is 2.48. The summed E-state index contributed by atoms with van der Waals surface area (Å²) in [6.45, 7) is 10.1. The van der Waals surface area contributed by atoms with Gasteiger partial charge >= 0.3 is 0 Å². The highest BCUT2D eigenvalue weighted by molar-refractivity contribution is 4.96. The smallest absolute Gasteiger partial charge is 0.0461 e. The fourth-order valence-corrected chi connectivity index (χ4v) is 4.76. The van der Waals surface area contributed by atoms with Crippen LogP contribution in [-0.2, 0) is 0 Å². The molecule has 0 spiro atoms. The molecule has 0 aromatic carbocycles. The van der Waals surface area contributed by atoms with Gasteiger partial charge in [0, 0.05) is 6.61 Å². The minimum Gasteiger partial charge on any atom is -0.396 e. The third-order valence-electron chi connectivity index (χ3n) is 6.66. The minimum absolute atomic E-state index is 0.397. The van der Waals surface area contributed by atoms with Crippen molar-refractivity contribution in [3.8, 4) is 0 Å². The molecule has 5 atom stereocenters. The average Bonchev–Trinajstić information content (AvgIpc) is 2.36. The summed E-state index contributed by atoms with van der Waals surface area (Å²) < 4.78 is 0. The van der Waals surface area contributed by atoms with E-state index >= 15 is 0 Å². The van der Waals surface area contributed by atoms with Gasteiger partial charge in [-0.05, 0) is 67.1 Å². The summed E-state index contributed by atoms with van der Waals surface area (Å²) >= 11 is 0. The Morgan fingerprint density at radius 1 is 1.17 bits per heavy atom. The lowest BCUT2D eigenvalue weighted by atomic mass is 9.52. The Balaban J connectivity index is 2.09. The molecular formula is C17H32O. The molecule has 1 N–H and O–H groups in total. The maximum Gasteiger partial charge on any atom is 0.0461 e. The minimum atomic E-state index is 0.397. The van der Waals surface area contributed by atoms with Crippen molar-refractivity contribution in [2.45, 2.75) is 66.2 Å². The monoisotopic (exact) mass is 252 g/mol. The van der Waals surface area contributed by atoms with Gasteiger partial charge in [-0.15, -0.1) is 0 Å². The molecule has 0 saturated heterocycles. The topological polar surface area (TPSA) is 20.2 Å². The van der Waals surface area contributed by atoms with Crippen LogP contribution in [0.4, 0.5) is 0 Å². The summed E-state index contributed by atoms with van der Waals surface area (Å²) in [5.41, 5.74) is 0.509. The van der Waals surface area contributed by atoms with Crippen LogP contribution >= 0.6 is 0 Å². The van der Waals surface area contributed by atoms with Gasteiger partial charge in [-0.1, -0.05) is 34.1 Å². The molecule has 2 rings (SSSR count). The van der Waals surface area contributed by atoms with Gasteiger partial charge in [0.1, 0.15) is 0 Å². The summed E-state index contributed by atoms with van der Waals surface area (Å²) in [7, 11) is 0. The Hall–Kier alpha value is -0.0400. The Bertz CT molecular complexity index is 267. The van der Waals surface area contributed by atoms with Crippen LogP contribution in [0.15, 0.2) is 0 Å².